The summed E-state index contributed by atoms with van der Waals surface area (Å²) in [5, 5.41) is 5.53. The molecule has 0 radical (unpaired) electrons. The molecule has 25 heavy (non-hydrogen) atoms. The highest BCUT2D eigenvalue weighted by Crippen LogP contribution is 2.16. The molecule has 3 amide bonds. The molecule has 0 spiro atoms. The number of hydrogen-bond donors (Lipinski definition) is 2. The minimum absolute atomic E-state index is 0.00483. The monoisotopic (exact) mass is 342 g/mol. The van der Waals surface area contributed by atoms with E-state index in [-0.39, 0.29) is 23.7 Å². The second-order valence-corrected chi connectivity index (χ2v) is 5.89. The number of rotatable bonds is 3. The lowest BCUT2D eigenvalue weighted by Crippen LogP contribution is -2.47. The highest BCUT2D eigenvalue weighted by molar-refractivity contribution is 5.94. The third-order valence-electron chi connectivity index (χ3n) is 4.16. The van der Waals surface area contributed by atoms with Gasteiger partial charge in [-0.15, -0.1) is 0 Å². The first-order chi connectivity index (χ1) is 12.1. The van der Waals surface area contributed by atoms with Gasteiger partial charge in [0.1, 0.15) is 5.82 Å². The number of amides is 3. The van der Waals surface area contributed by atoms with Crippen LogP contribution in [0.1, 0.15) is 23.2 Å². The number of pyridine rings is 1. The molecule has 0 aliphatic carbocycles. The standard InChI is InChI=1S/C18H19FN4O2/c19-15-5-1-2-6-16(15)22-18(25)23-10-7-14(8-11-23)21-17(24)13-4-3-9-20-12-13/h1-6,9,12,14H,7-8,10-11H2,(H,21,24)(H,22,25). The average molecular weight is 342 g/mol. The van der Waals surface area contributed by atoms with Gasteiger partial charge in [-0.3, -0.25) is 9.78 Å². The highest BCUT2D eigenvalue weighted by Gasteiger charge is 2.24. The topological polar surface area (TPSA) is 74.3 Å². The van der Waals surface area contributed by atoms with E-state index in [2.05, 4.69) is 15.6 Å². The zero-order valence-electron chi connectivity index (χ0n) is 13.6. The molecule has 1 aromatic heterocycles. The maximum Gasteiger partial charge on any atom is 0.321 e. The van der Waals surface area contributed by atoms with Gasteiger partial charge in [0.05, 0.1) is 11.3 Å². The van der Waals surface area contributed by atoms with Crippen LogP contribution in [-0.2, 0) is 0 Å². The Labute approximate surface area is 145 Å². The van der Waals surface area contributed by atoms with Crippen molar-refractivity contribution in [2.45, 2.75) is 18.9 Å². The summed E-state index contributed by atoms with van der Waals surface area (Å²) in [5.74, 6) is -0.628. The van der Waals surface area contributed by atoms with Gasteiger partial charge in [-0.05, 0) is 37.1 Å². The van der Waals surface area contributed by atoms with E-state index in [1.54, 1.807) is 35.4 Å². The Morgan fingerprint density at radius 1 is 1.12 bits per heavy atom. The first kappa shape index (κ1) is 16.9. The number of halogens is 1. The van der Waals surface area contributed by atoms with Crippen molar-refractivity contribution in [2.24, 2.45) is 0 Å². The van der Waals surface area contributed by atoms with Crippen LogP contribution in [-0.4, -0.2) is 41.0 Å². The molecule has 1 fully saturated rings. The average Bonchev–Trinajstić information content (AvgIpc) is 2.65. The van der Waals surface area contributed by atoms with Crippen LogP contribution in [0, 0.1) is 5.82 Å². The minimum Gasteiger partial charge on any atom is -0.349 e. The second kappa shape index (κ2) is 7.74. The number of piperidine rings is 1. The number of benzene rings is 1. The number of likely N-dealkylation sites (tertiary alicyclic amines) is 1. The fraction of sp³-hybridized carbons (Fsp3) is 0.278. The summed E-state index contributed by atoms with van der Waals surface area (Å²) >= 11 is 0. The molecule has 1 aliphatic rings. The number of nitrogens with zero attached hydrogens (tertiary/aromatic N) is 2. The van der Waals surface area contributed by atoms with E-state index >= 15 is 0 Å². The van der Waals surface area contributed by atoms with Crippen molar-refractivity contribution in [1.29, 1.82) is 0 Å². The van der Waals surface area contributed by atoms with E-state index < -0.39 is 5.82 Å². The van der Waals surface area contributed by atoms with Gasteiger partial charge in [-0.2, -0.15) is 0 Å². The molecular formula is C18H19FN4O2. The van der Waals surface area contributed by atoms with Gasteiger partial charge < -0.3 is 15.5 Å². The normalized spacial score (nSPS) is 14.8. The zero-order chi connectivity index (χ0) is 17.6. The third-order valence-corrected chi connectivity index (χ3v) is 4.16. The Morgan fingerprint density at radius 2 is 1.88 bits per heavy atom. The Kier molecular flexibility index (Phi) is 5.23. The Balaban J connectivity index is 1.49. The lowest BCUT2D eigenvalue weighted by atomic mass is 10.0. The van der Waals surface area contributed by atoms with E-state index in [0.29, 0.717) is 31.5 Å². The predicted molar refractivity (Wildman–Crippen MR) is 91.7 cm³/mol. The fourth-order valence-electron chi connectivity index (χ4n) is 2.75. The van der Waals surface area contributed by atoms with E-state index in [0.717, 1.165) is 0 Å². The van der Waals surface area contributed by atoms with Gasteiger partial charge in [0.15, 0.2) is 0 Å². The minimum atomic E-state index is -0.463. The summed E-state index contributed by atoms with van der Waals surface area (Å²) in [4.78, 5) is 29.9. The zero-order valence-corrected chi connectivity index (χ0v) is 13.6. The number of carbonyl (C=O) groups excluding carboxylic acids is 2. The SMILES string of the molecule is O=C(NC1CCN(C(=O)Nc2ccccc2F)CC1)c1cccnc1. The predicted octanol–water partition coefficient (Wildman–Crippen LogP) is 2.65. The fourth-order valence-corrected chi connectivity index (χ4v) is 2.75. The lowest BCUT2D eigenvalue weighted by molar-refractivity contribution is 0.0919. The summed E-state index contributed by atoms with van der Waals surface area (Å²) < 4.78 is 13.6. The summed E-state index contributed by atoms with van der Waals surface area (Å²) in [5.41, 5.74) is 0.682. The molecule has 6 nitrogen and oxygen atoms in total. The van der Waals surface area contributed by atoms with Crippen LogP contribution in [0.25, 0.3) is 0 Å². The molecule has 0 atom stereocenters. The molecule has 2 N–H and O–H groups in total. The smallest absolute Gasteiger partial charge is 0.321 e. The van der Waals surface area contributed by atoms with Crippen LogP contribution in [0.5, 0.6) is 0 Å². The molecule has 0 unspecified atom stereocenters. The van der Waals surface area contributed by atoms with Gasteiger partial charge in [-0.25, -0.2) is 9.18 Å². The molecule has 1 aliphatic heterocycles. The largest absolute Gasteiger partial charge is 0.349 e. The number of aromatic nitrogens is 1. The maximum atomic E-state index is 13.6. The van der Waals surface area contributed by atoms with Crippen LogP contribution in [0.4, 0.5) is 14.9 Å². The summed E-state index contributed by atoms with van der Waals surface area (Å²) in [6.07, 6.45) is 4.43. The molecule has 1 aromatic carbocycles. The number of nitrogens with one attached hydrogen (secondary N) is 2. The maximum absolute atomic E-state index is 13.6. The second-order valence-electron chi connectivity index (χ2n) is 5.89. The number of carbonyl (C=O) groups is 2. The van der Waals surface area contributed by atoms with Crippen molar-refractivity contribution in [1.82, 2.24) is 15.2 Å². The van der Waals surface area contributed by atoms with Gasteiger partial charge in [0.25, 0.3) is 5.91 Å². The van der Waals surface area contributed by atoms with Crippen LogP contribution in [0.3, 0.4) is 0 Å². The third kappa shape index (κ3) is 4.32. The van der Waals surface area contributed by atoms with E-state index in [1.165, 1.54) is 18.3 Å². The number of anilines is 1. The van der Waals surface area contributed by atoms with E-state index in [9.17, 15) is 14.0 Å². The molecule has 3 rings (SSSR count). The van der Waals surface area contributed by atoms with Gasteiger partial charge >= 0.3 is 6.03 Å². The van der Waals surface area contributed by atoms with Crippen LogP contribution >= 0.6 is 0 Å². The van der Waals surface area contributed by atoms with Crippen molar-refractivity contribution in [3.8, 4) is 0 Å². The van der Waals surface area contributed by atoms with Crippen molar-refractivity contribution in [2.75, 3.05) is 18.4 Å². The molecule has 2 heterocycles. The van der Waals surface area contributed by atoms with Crippen molar-refractivity contribution >= 4 is 17.6 Å². The van der Waals surface area contributed by atoms with E-state index in [1.807, 2.05) is 0 Å². The highest BCUT2D eigenvalue weighted by atomic mass is 19.1. The Morgan fingerprint density at radius 3 is 2.56 bits per heavy atom. The molecule has 0 saturated carbocycles. The molecule has 1 saturated heterocycles. The first-order valence-corrected chi connectivity index (χ1v) is 8.15. The molecule has 130 valence electrons. The number of hydrogen-bond acceptors (Lipinski definition) is 3. The van der Waals surface area contributed by atoms with Crippen LogP contribution in [0.15, 0.2) is 48.8 Å². The Hall–Kier alpha value is -2.96. The van der Waals surface area contributed by atoms with Gasteiger partial charge in [-0.1, -0.05) is 12.1 Å². The van der Waals surface area contributed by atoms with Gasteiger partial charge in [0.2, 0.25) is 0 Å². The number of para-hydroxylation sites is 1. The summed E-state index contributed by atoms with van der Waals surface area (Å²) in [7, 11) is 0. The quantitative estimate of drug-likeness (QED) is 0.900. The first-order valence-electron chi connectivity index (χ1n) is 8.15. The summed E-state index contributed by atoms with van der Waals surface area (Å²) in [6.45, 7) is 0.997. The lowest BCUT2D eigenvalue weighted by Gasteiger charge is -2.32. The van der Waals surface area contributed by atoms with E-state index in [4.69, 9.17) is 0 Å². The molecular weight excluding hydrogens is 323 g/mol. The van der Waals surface area contributed by atoms with Crippen molar-refractivity contribution < 1.29 is 14.0 Å². The number of urea groups is 1. The molecule has 7 heteroatoms. The van der Waals surface area contributed by atoms with Crippen LogP contribution < -0.4 is 10.6 Å². The van der Waals surface area contributed by atoms with Gasteiger partial charge in [0, 0.05) is 31.5 Å². The van der Waals surface area contributed by atoms with Crippen molar-refractivity contribution in [3.63, 3.8) is 0 Å². The summed E-state index contributed by atoms with van der Waals surface area (Å²) in [6, 6.07) is 9.15. The molecule has 0 bridgehead atoms. The Bertz CT molecular complexity index is 746. The van der Waals surface area contributed by atoms with Crippen LogP contribution in [0.2, 0.25) is 0 Å². The molecule has 2 aromatic rings. The van der Waals surface area contributed by atoms with Crippen molar-refractivity contribution in [3.05, 3.63) is 60.2 Å².